The molecule has 0 saturated carbocycles. The third-order valence-corrected chi connectivity index (χ3v) is 6.95. The molecule has 1 aliphatic carbocycles. The minimum Gasteiger partial charge on any atom is -0.508 e. The maximum atomic E-state index is 11.1. The maximum absolute atomic E-state index is 11.1. The van der Waals surface area contributed by atoms with Crippen molar-refractivity contribution in [1.82, 2.24) is 0 Å². The van der Waals surface area contributed by atoms with E-state index < -0.39 is 23.9 Å². The van der Waals surface area contributed by atoms with Crippen LogP contribution in [0, 0.1) is 0 Å². The molecule has 5 rings (SSSR count). The van der Waals surface area contributed by atoms with Crippen LogP contribution in [0.4, 0.5) is 0 Å². The number of ether oxygens (including phenoxy) is 1. The van der Waals surface area contributed by atoms with E-state index >= 15 is 0 Å². The van der Waals surface area contributed by atoms with E-state index in [9.17, 15) is 30.6 Å². The maximum Gasteiger partial charge on any atom is 0.123 e. The van der Waals surface area contributed by atoms with Crippen molar-refractivity contribution in [3.8, 4) is 34.5 Å². The van der Waals surface area contributed by atoms with Gasteiger partial charge in [0.15, 0.2) is 0 Å². The Hall–Kier alpha value is -4.36. The Kier molecular flexibility index (Phi) is 5.86. The van der Waals surface area contributed by atoms with Gasteiger partial charge in [0, 0.05) is 42.6 Å². The minimum absolute atomic E-state index is 0.0915. The first-order valence-corrected chi connectivity index (χ1v) is 11.5. The average molecular weight is 487 g/mol. The van der Waals surface area contributed by atoms with Gasteiger partial charge in [-0.2, -0.15) is 0 Å². The molecule has 0 amide bonds. The first-order valence-electron chi connectivity index (χ1n) is 11.5. The van der Waals surface area contributed by atoms with Crippen molar-refractivity contribution in [2.24, 2.45) is 0 Å². The Balaban J connectivity index is 1.81. The lowest BCUT2D eigenvalue weighted by molar-refractivity contribution is 0.0717. The van der Waals surface area contributed by atoms with Gasteiger partial charge in [-0.25, -0.2) is 0 Å². The lowest BCUT2D eigenvalue weighted by Gasteiger charge is -2.32. The Labute approximate surface area is 207 Å². The van der Waals surface area contributed by atoms with Crippen LogP contribution in [0.25, 0.3) is 0 Å². The summed E-state index contributed by atoms with van der Waals surface area (Å²) in [6, 6.07) is 20.5. The number of hydrogen-bond acceptors (Lipinski definition) is 7. The molecule has 4 aromatic rings. The molecule has 4 atom stereocenters. The molecule has 0 saturated heterocycles. The topological polar surface area (TPSA) is 131 Å². The molecule has 0 radical (unpaired) electrons. The quantitative estimate of drug-likeness (QED) is 0.225. The minimum atomic E-state index is -0.581. The van der Waals surface area contributed by atoms with Gasteiger partial charge in [0.1, 0.15) is 34.5 Å². The number of rotatable bonds is 5. The molecule has 0 aromatic heterocycles. The molecule has 4 aromatic carbocycles. The van der Waals surface area contributed by atoms with Gasteiger partial charge in [0.05, 0.1) is 6.10 Å². The van der Waals surface area contributed by atoms with Crippen LogP contribution < -0.4 is 0 Å². The second-order valence-electron chi connectivity index (χ2n) is 9.12. The number of benzene rings is 4. The number of phenolic OH excluding ortho intramolecular Hbond substituents is 6. The molecule has 184 valence electrons. The Morgan fingerprint density at radius 3 is 1.75 bits per heavy atom. The zero-order valence-corrected chi connectivity index (χ0v) is 19.4. The Morgan fingerprint density at radius 2 is 1.17 bits per heavy atom. The lowest BCUT2D eigenvalue weighted by Crippen LogP contribution is -2.19. The summed E-state index contributed by atoms with van der Waals surface area (Å²) in [7, 11) is 1.56. The normalized spacial score (nSPS) is 19.6. The number of phenols is 6. The molecule has 0 fully saturated rings. The summed E-state index contributed by atoms with van der Waals surface area (Å²) < 4.78 is 6.00. The molecular formula is C29H26O7. The summed E-state index contributed by atoms with van der Waals surface area (Å²) in [5, 5.41) is 62.0. The molecule has 1 aliphatic rings. The molecule has 0 aliphatic heterocycles. The Bertz CT molecular complexity index is 1380. The second-order valence-corrected chi connectivity index (χ2v) is 9.12. The second kappa shape index (κ2) is 9.02. The van der Waals surface area contributed by atoms with Crippen LogP contribution in [0.2, 0.25) is 0 Å². The lowest BCUT2D eigenvalue weighted by atomic mass is 9.74. The predicted molar refractivity (Wildman–Crippen MR) is 133 cm³/mol. The molecule has 0 bridgehead atoms. The molecule has 36 heavy (non-hydrogen) atoms. The van der Waals surface area contributed by atoms with Crippen molar-refractivity contribution in [2.75, 3.05) is 7.11 Å². The van der Waals surface area contributed by atoms with E-state index in [2.05, 4.69) is 0 Å². The monoisotopic (exact) mass is 486 g/mol. The molecule has 6 N–H and O–H groups in total. The van der Waals surface area contributed by atoms with Crippen LogP contribution in [0.5, 0.6) is 34.5 Å². The van der Waals surface area contributed by atoms with E-state index in [0.29, 0.717) is 16.7 Å². The number of hydrogen-bond donors (Lipinski definition) is 6. The van der Waals surface area contributed by atoms with E-state index in [1.807, 2.05) is 0 Å². The molecular weight excluding hydrogens is 460 g/mol. The summed E-state index contributed by atoms with van der Waals surface area (Å²) in [6.07, 6.45) is -0.581. The van der Waals surface area contributed by atoms with Gasteiger partial charge < -0.3 is 35.4 Å². The van der Waals surface area contributed by atoms with Gasteiger partial charge in [-0.1, -0.05) is 24.3 Å². The van der Waals surface area contributed by atoms with E-state index in [1.54, 1.807) is 73.8 Å². The highest BCUT2D eigenvalue weighted by molar-refractivity contribution is 5.61. The van der Waals surface area contributed by atoms with Crippen molar-refractivity contribution < 1.29 is 35.4 Å². The van der Waals surface area contributed by atoms with Gasteiger partial charge in [-0.05, 0) is 64.7 Å². The fourth-order valence-electron chi connectivity index (χ4n) is 5.61. The van der Waals surface area contributed by atoms with Gasteiger partial charge in [0.25, 0.3) is 0 Å². The summed E-state index contributed by atoms with van der Waals surface area (Å²) in [6.45, 7) is 0. The number of aromatic hydroxyl groups is 6. The SMILES string of the molecule is CO[C@H](c1ccc(O)cc1)[C@H]1c2cc(O)cc(O)c2[C@@H](c2ccc(O)cc2)[C@@H]1c1cc(O)cc(O)c1. The van der Waals surface area contributed by atoms with Crippen LogP contribution >= 0.6 is 0 Å². The van der Waals surface area contributed by atoms with Crippen LogP contribution in [0.15, 0.2) is 78.9 Å². The largest absolute Gasteiger partial charge is 0.508 e. The zero-order chi connectivity index (χ0) is 25.6. The fourth-order valence-corrected chi connectivity index (χ4v) is 5.61. The van der Waals surface area contributed by atoms with Gasteiger partial charge >= 0.3 is 0 Å². The Morgan fingerprint density at radius 1 is 0.611 bits per heavy atom. The summed E-state index contributed by atoms with van der Waals surface area (Å²) in [5.74, 6) is -1.66. The first-order chi connectivity index (χ1) is 17.3. The van der Waals surface area contributed by atoms with Gasteiger partial charge in [-0.3, -0.25) is 0 Å². The van der Waals surface area contributed by atoms with Crippen LogP contribution in [-0.4, -0.2) is 37.7 Å². The van der Waals surface area contributed by atoms with Crippen LogP contribution in [-0.2, 0) is 4.74 Å². The van der Waals surface area contributed by atoms with E-state index in [-0.39, 0.29) is 34.5 Å². The van der Waals surface area contributed by atoms with E-state index in [1.165, 1.54) is 12.1 Å². The highest BCUT2D eigenvalue weighted by atomic mass is 16.5. The van der Waals surface area contributed by atoms with E-state index in [4.69, 9.17) is 4.74 Å². The van der Waals surface area contributed by atoms with Crippen molar-refractivity contribution in [3.05, 3.63) is 107 Å². The summed E-state index contributed by atoms with van der Waals surface area (Å²) in [4.78, 5) is 0. The van der Waals surface area contributed by atoms with Crippen LogP contribution in [0.1, 0.15) is 51.7 Å². The van der Waals surface area contributed by atoms with Crippen molar-refractivity contribution in [2.45, 2.75) is 23.9 Å². The third kappa shape index (κ3) is 4.03. The predicted octanol–water partition coefficient (Wildman–Crippen LogP) is 5.32. The fraction of sp³-hybridized carbons (Fsp3) is 0.172. The first kappa shape index (κ1) is 23.4. The molecule has 7 nitrogen and oxygen atoms in total. The third-order valence-electron chi connectivity index (χ3n) is 6.95. The zero-order valence-electron chi connectivity index (χ0n) is 19.4. The number of fused-ring (bicyclic) bond motifs is 1. The smallest absolute Gasteiger partial charge is 0.123 e. The van der Waals surface area contributed by atoms with Crippen molar-refractivity contribution >= 4 is 0 Å². The van der Waals surface area contributed by atoms with Gasteiger partial charge in [-0.15, -0.1) is 0 Å². The average Bonchev–Trinajstić information content (AvgIpc) is 3.16. The summed E-state index contributed by atoms with van der Waals surface area (Å²) >= 11 is 0. The number of methoxy groups -OCH3 is 1. The molecule has 0 unspecified atom stereocenters. The molecule has 7 heteroatoms. The van der Waals surface area contributed by atoms with Crippen molar-refractivity contribution in [3.63, 3.8) is 0 Å². The molecule has 0 heterocycles. The standard InChI is InChI=1S/C29H26O7/c1-36-29(16-4-8-19(31)9-5-16)28-23-13-22(34)14-24(35)27(23)25(15-2-6-18(30)7-3-15)26(28)17-10-20(32)12-21(33)11-17/h2-14,25-26,28-35H,1H3/t25-,26-,28-,29+/m0/s1. The van der Waals surface area contributed by atoms with Crippen molar-refractivity contribution in [1.29, 1.82) is 0 Å². The molecule has 0 spiro atoms. The van der Waals surface area contributed by atoms with E-state index in [0.717, 1.165) is 11.1 Å². The van der Waals surface area contributed by atoms with Gasteiger partial charge in [0.2, 0.25) is 0 Å². The summed E-state index contributed by atoms with van der Waals surface area (Å²) in [5.41, 5.74) is 3.38. The van der Waals surface area contributed by atoms with Crippen LogP contribution in [0.3, 0.4) is 0 Å². The highest BCUT2D eigenvalue weighted by Gasteiger charge is 2.48. The highest BCUT2D eigenvalue weighted by Crippen LogP contribution is 2.62.